The number of alkyl halides is 2. The molecule has 0 atom stereocenters. The van der Waals surface area contributed by atoms with Crippen LogP contribution in [0.15, 0.2) is 17.0 Å². The third kappa shape index (κ3) is 2.65. The molecule has 0 saturated carbocycles. The Bertz CT molecular complexity index is 333. The number of ether oxygens (including phenoxy) is 1. The van der Waals surface area contributed by atoms with Gasteiger partial charge >= 0.3 is 6.61 Å². The second-order valence-corrected chi connectivity index (χ2v) is 3.87. The molecule has 14 heavy (non-hydrogen) atoms. The summed E-state index contributed by atoms with van der Waals surface area (Å²) < 4.78 is 28.2. The van der Waals surface area contributed by atoms with Gasteiger partial charge in [-0.05, 0) is 18.4 Å². The summed E-state index contributed by atoms with van der Waals surface area (Å²) in [5.41, 5.74) is 0. The lowest BCUT2D eigenvalue weighted by atomic mass is 10.3. The molecule has 0 heterocycles. The average Bonchev–Trinajstić information content (AvgIpc) is 2.11. The fraction of sp³-hybridized carbons (Fsp3) is 0.250. The van der Waals surface area contributed by atoms with Gasteiger partial charge in [0.25, 0.3) is 0 Å². The highest BCUT2D eigenvalue weighted by atomic mass is 35.5. The SMILES string of the molecule is CSc1c(OC(F)F)ccc(Cl)c1Cl. The van der Waals surface area contributed by atoms with Gasteiger partial charge < -0.3 is 4.74 Å². The molecule has 1 aromatic rings. The summed E-state index contributed by atoms with van der Waals surface area (Å²) >= 11 is 12.7. The van der Waals surface area contributed by atoms with E-state index in [1.165, 1.54) is 23.9 Å². The van der Waals surface area contributed by atoms with E-state index in [-0.39, 0.29) is 10.8 Å². The smallest absolute Gasteiger partial charge is 0.387 e. The van der Waals surface area contributed by atoms with Crippen LogP contribution in [0.4, 0.5) is 8.78 Å². The minimum absolute atomic E-state index is 0.0434. The van der Waals surface area contributed by atoms with E-state index in [2.05, 4.69) is 4.74 Å². The molecular formula is C8H6Cl2F2OS. The second kappa shape index (κ2) is 5.05. The lowest BCUT2D eigenvalue weighted by Gasteiger charge is -2.10. The number of halogens is 4. The summed E-state index contributed by atoms with van der Waals surface area (Å²) in [6, 6.07) is 2.79. The molecule has 1 nitrogen and oxygen atoms in total. The zero-order chi connectivity index (χ0) is 10.7. The molecule has 0 radical (unpaired) electrons. The fourth-order valence-corrected chi connectivity index (χ4v) is 2.10. The lowest BCUT2D eigenvalue weighted by Crippen LogP contribution is -2.03. The third-order valence-corrected chi connectivity index (χ3v) is 3.16. The maximum Gasteiger partial charge on any atom is 0.387 e. The summed E-state index contributed by atoms with van der Waals surface area (Å²) in [6.45, 7) is -2.86. The van der Waals surface area contributed by atoms with Crippen LogP contribution in [0, 0.1) is 0 Å². The number of thioether (sulfide) groups is 1. The molecule has 1 aromatic carbocycles. The topological polar surface area (TPSA) is 9.23 Å². The van der Waals surface area contributed by atoms with Crippen molar-refractivity contribution in [2.75, 3.05) is 6.26 Å². The van der Waals surface area contributed by atoms with Gasteiger partial charge in [-0.25, -0.2) is 0 Å². The maximum atomic E-state index is 12.0. The van der Waals surface area contributed by atoms with E-state index in [1.807, 2.05) is 0 Å². The van der Waals surface area contributed by atoms with E-state index in [9.17, 15) is 8.78 Å². The van der Waals surface area contributed by atoms with E-state index in [0.717, 1.165) is 0 Å². The van der Waals surface area contributed by atoms with Crippen molar-refractivity contribution in [2.24, 2.45) is 0 Å². The van der Waals surface area contributed by atoms with Gasteiger partial charge in [-0.15, -0.1) is 11.8 Å². The molecule has 0 unspecified atom stereocenters. The molecule has 0 saturated heterocycles. The Morgan fingerprint density at radius 3 is 2.50 bits per heavy atom. The van der Waals surface area contributed by atoms with Gasteiger partial charge in [-0.3, -0.25) is 0 Å². The molecule has 0 aliphatic carbocycles. The van der Waals surface area contributed by atoms with Crippen LogP contribution in [0.5, 0.6) is 5.75 Å². The van der Waals surface area contributed by atoms with E-state index < -0.39 is 6.61 Å². The van der Waals surface area contributed by atoms with E-state index in [4.69, 9.17) is 23.2 Å². The van der Waals surface area contributed by atoms with Gasteiger partial charge in [0.2, 0.25) is 0 Å². The highest BCUT2D eigenvalue weighted by molar-refractivity contribution is 7.98. The molecule has 0 aliphatic heterocycles. The normalized spacial score (nSPS) is 10.7. The summed E-state index contributed by atoms with van der Waals surface area (Å²) in [4.78, 5) is 0.416. The van der Waals surface area contributed by atoms with Crippen LogP contribution in [0.1, 0.15) is 0 Å². The van der Waals surface area contributed by atoms with Gasteiger partial charge in [-0.2, -0.15) is 8.78 Å². The Morgan fingerprint density at radius 1 is 1.36 bits per heavy atom. The fourth-order valence-electron chi connectivity index (χ4n) is 0.893. The molecule has 0 aromatic heterocycles. The minimum Gasteiger partial charge on any atom is -0.434 e. The summed E-state index contributed by atoms with van der Waals surface area (Å²) in [6.07, 6.45) is 1.70. The summed E-state index contributed by atoms with van der Waals surface area (Å²) in [5.74, 6) is 0.0434. The van der Waals surface area contributed by atoms with Crippen molar-refractivity contribution in [1.29, 1.82) is 0 Å². The first-order valence-corrected chi connectivity index (χ1v) is 5.51. The second-order valence-electron chi connectivity index (χ2n) is 2.27. The molecule has 6 heteroatoms. The van der Waals surface area contributed by atoms with Crippen LogP contribution in [0.3, 0.4) is 0 Å². The van der Waals surface area contributed by atoms with Gasteiger partial charge in [0.15, 0.2) is 0 Å². The largest absolute Gasteiger partial charge is 0.434 e. The first-order valence-electron chi connectivity index (χ1n) is 3.53. The van der Waals surface area contributed by atoms with Crippen molar-refractivity contribution >= 4 is 35.0 Å². The maximum absolute atomic E-state index is 12.0. The number of hydrogen-bond acceptors (Lipinski definition) is 2. The van der Waals surface area contributed by atoms with E-state index >= 15 is 0 Å². The highest BCUT2D eigenvalue weighted by Gasteiger charge is 2.14. The van der Waals surface area contributed by atoms with Crippen LogP contribution in [-0.2, 0) is 0 Å². The zero-order valence-electron chi connectivity index (χ0n) is 7.06. The van der Waals surface area contributed by atoms with Crippen molar-refractivity contribution in [3.63, 3.8) is 0 Å². The van der Waals surface area contributed by atoms with Crippen molar-refractivity contribution in [3.8, 4) is 5.75 Å². The zero-order valence-corrected chi connectivity index (χ0v) is 9.39. The predicted octanol–water partition coefficient (Wildman–Crippen LogP) is 4.32. The quantitative estimate of drug-likeness (QED) is 0.747. The molecule has 0 amide bonds. The lowest BCUT2D eigenvalue weighted by molar-refractivity contribution is -0.0516. The summed E-state index contributed by atoms with van der Waals surface area (Å²) in [7, 11) is 0. The minimum atomic E-state index is -2.86. The molecule has 0 aliphatic rings. The van der Waals surface area contributed by atoms with Crippen LogP contribution < -0.4 is 4.74 Å². The third-order valence-electron chi connectivity index (χ3n) is 1.43. The van der Waals surface area contributed by atoms with Crippen molar-refractivity contribution in [1.82, 2.24) is 0 Å². The average molecular weight is 259 g/mol. The Morgan fingerprint density at radius 2 is 2.00 bits per heavy atom. The summed E-state index contributed by atoms with van der Waals surface area (Å²) in [5, 5.41) is 0.551. The molecule has 1 rings (SSSR count). The van der Waals surface area contributed by atoms with Gasteiger partial charge in [0.05, 0.1) is 14.9 Å². The molecular weight excluding hydrogens is 253 g/mol. The van der Waals surface area contributed by atoms with Crippen molar-refractivity contribution < 1.29 is 13.5 Å². The standard InChI is InChI=1S/C8H6Cl2F2OS/c1-14-7-5(13-8(11)12)3-2-4(9)6(7)10/h2-3,8H,1H3. The molecule has 0 fully saturated rings. The Kier molecular flexibility index (Phi) is 4.29. The van der Waals surface area contributed by atoms with Crippen LogP contribution >= 0.6 is 35.0 Å². The molecule has 0 N–H and O–H groups in total. The van der Waals surface area contributed by atoms with Crippen molar-refractivity contribution in [3.05, 3.63) is 22.2 Å². The Balaban J connectivity index is 3.10. The number of hydrogen-bond donors (Lipinski definition) is 0. The molecule has 0 spiro atoms. The Labute approximate surface area is 94.3 Å². The van der Waals surface area contributed by atoms with Gasteiger partial charge in [0.1, 0.15) is 5.75 Å². The molecule has 78 valence electrons. The first-order chi connectivity index (χ1) is 6.56. The van der Waals surface area contributed by atoms with Crippen molar-refractivity contribution in [2.45, 2.75) is 11.5 Å². The number of benzene rings is 1. The predicted molar refractivity (Wildman–Crippen MR) is 54.9 cm³/mol. The first kappa shape index (κ1) is 11.9. The number of rotatable bonds is 3. The van der Waals surface area contributed by atoms with E-state index in [0.29, 0.717) is 9.92 Å². The van der Waals surface area contributed by atoms with Crippen LogP contribution in [0.25, 0.3) is 0 Å². The highest BCUT2D eigenvalue weighted by Crippen LogP contribution is 2.39. The van der Waals surface area contributed by atoms with Gasteiger partial charge in [-0.1, -0.05) is 23.2 Å². The van der Waals surface area contributed by atoms with Crippen LogP contribution in [-0.4, -0.2) is 12.9 Å². The van der Waals surface area contributed by atoms with Crippen LogP contribution in [0.2, 0.25) is 10.0 Å². The van der Waals surface area contributed by atoms with Gasteiger partial charge in [0, 0.05) is 0 Å². The molecule has 0 bridgehead atoms. The Hall–Kier alpha value is -0.190. The monoisotopic (exact) mass is 258 g/mol. The van der Waals surface area contributed by atoms with E-state index in [1.54, 1.807) is 6.26 Å².